The van der Waals surface area contributed by atoms with Gasteiger partial charge in [-0.15, -0.1) is 4.40 Å². The van der Waals surface area contributed by atoms with Crippen molar-refractivity contribution in [3.05, 3.63) is 12.3 Å². The van der Waals surface area contributed by atoms with E-state index in [9.17, 15) is 8.42 Å². The van der Waals surface area contributed by atoms with Gasteiger partial charge in [0.25, 0.3) is 0 Å². The van der Waals surface area contributed by atoms with E-state index in [1.165, 1.54) is 6.26 Å². The van der Waals surface area contributed by atoms with Crippen molar-refractivity contribution < 1.29 is 13.2 Å². The maximum absolute atomic E-state index is 10.3. The number of ether oxygens (including phenoxy) is 1. The van der Waals surface area contributed by atoms with Gasteiger partial charge in [0.2, 0.25) is 5.90 Å². The van der Waals surface area contributed by atoms with Gasteiger partial charge in [-0.25, -0.2) is 0 Å². The minimum atomic E-state index is -3.81. The Labute approximate surface area is 62.7 Å². The third-order valence-electron chi connectivity index (χ3n) is 0.804. The smallest absolute Gasteiger partial charge is 0.342 e. The molecule has 0 saturated heterocycles. The van der Waals surface area contributed by atoms with Gasteiger partial charge in [-0.2, -0.15) is 8.42 Å². The predicted molar refractivity (Wildman–Crippen MR) is 37.0 cm³/mol. The number of halogens is 1. The molecule has 4 nitrogen and oxygen atoms in total. The SMILES string of the molecule is O=S(=O)(Cl)N=C1CC=CO1. The molecule has 1 aliphatic rings. The highest BCUT2D eigenvalue weighted by atomic mass is 35.7. The van der Waals surface area contributed by atoms with Gasteiger partial charge in [-0.3, -0.25) is 0 Å². The molecule has 0 unspecified atom stereocenters. The molecule has 0 N–H and O–H groups in total. The Morgan fingerprint density at radius 1 is 1.70 bits per heavy atom. The number of hydrogen-bond acceptors (Lipinski definition) is 3. The summed E-state index contributed by atoms with van der Waals surface area (Å²) in [5.41, 5.74) is 0. The van der Waals surface area contributed by atoms with Crippen LogP contribution in [0.5, 0.6) is 0 Å². The molecule has 56 valence electrons. The van der Waals surface area contributed by atoms with Crippen LogP contribution in [0.3, 0.4) is 0 Å². The van der Waals surface area contributed by atoms with Crippen molar-refractivity contribution in [2.75, 3.05) is 0 Å². The van der Waals surface area contributed by atoms with Gasteiger partial charge < -0.3 is 4.74 Å². The largest absolute Gasteiger partial charge is 0.450 e. The summed E-state index contributed by atoms with van der Waals surface area (Å²) < 4.78 is 28.2. The molecule has 0 aliphatic carbocycles. The van der Waals surface area contributed by atoms with Crippen LogP contribution in [0.15, 0.2) is 16.7 Å². The summed E-state index contributed by atoms with van der Waals surface area (Å²) in [4.78, 5) is 0. The van der Waals surface area contributed by atoms with Crippen LogP contribution in [-0.4, -0.2) is 14.3 Å². The summed E-state index contributed by atoms with van der Waals surface area (Å²) in [7, 11) is 0.978. The fourth-order valence-corrected chi connectivity index (χ4v) is 1.10. The minimum absolute atomic E-state index is 0.106. The van der Waals surface area contributed by atoms with E-state index in [1.807, 2.05) is 0 Å². The van der Waals surface area contributed by atoms with Crippen LogP contribution in [0.25, 0.3) is 0 Å². The molecule has 0 saturated carbocycles. The van der Waals surface area contributed by atoms with E-state index in [4.69, 9.17) is 10.7 Å². The van der Waals surface area contributed by atoms with Crippen molar-refractivity contribution in [3.63, 3.8) is 0 Å². The lowest BCUT2D eigenvalue weighted by atomic mass is 10.5. The molecule has 1 aliphatic heterocycles. The summed E-state index contributed by atoms with van der Waals surface area (Å²) in [6.45, 7) is 0. The third-order valence-corrected chi connectivity index (χ3v) is 1.43. The van der Waals surface area contributed by atoms with E-state index in [2.05, 4.69) is 9.13 Å². The maximum atomic E-state index is 10.3. The van der Waals surface area contributed by atoms with Crippen LogP contribution >= 0.6 is 10.7 Å². The highest BCUT2D eigenvalue weighted by Gasteiger charge is 2.08. The van der Waals surface area contributed by atoms with E-state index < -0.39 is 9.24 Å². The van der Waals surface area contributed by atoms with Gasteiger partial charge in [0.15, 0.2) is 0 Å². The summed E-state index contributed by atoms with van der Waals surface area (Å²) in [6, 6.07) is 0. The van der Waals surface area contributed by atoms with E-state index in [1.54, 1.807) is 6.08 Å². The standard InChI is InChI=1S/C4H4ClNO3S/c5-10(7,8)6-4-2-1-3-9-4/h1,3H,2H2. The zero-order chi connectivity index (χ0) is 7.61. The summed E-state index contributed by atoms with van der Waals surface area (Å²) in [6.07, 6.45) is 3.38. The van der Waals surface area contributed by atoms with Crippen LogP contribution in [0.4, 0.5) is 0 Å². The normalized spacial score (nSPS) is 21.5. The Kier molecular flexibility index (Phi) is 1.96. The zero-order valence-corrected chi connectivity index (χ0v) is 6.39. The molecule has 0 amide bonds. The third kappa shape index (κ3) is 2.36. The van der Waals surface area contributed by atoms with Crippen molar-refractivity contribution in [1.82, 2.24) is 0 Å². The van der Waals surface area contributed by atoms with Gasteiger partial charge >= 0.3 is 9.24 Å². The molecule has 0 aromatic carbocycles. The van der Waals surface area contributed by atoms with Crippen molar-refractivity contribution in [1.29, 1.82) is 0 Å². The molecular weight excluding hydrogens is 178 g/mol. The Morgan fingerprint density at radius 2 is 2.40 bits per heavy atom. The van der Waals surface area contributed by atoms with Gasteiger partial charge in [-0.1, -0.05) is 0 Å². The summed E-state index contributed by atoms with van der Waals surface area (Å²) >= 11 is 0. The number of nitrogens with zero attached hydrogens (tertiary/aromatic N) is 1. The van der Waals surface area contributed by atoms with E-state index in [0.717, 1.165) is 0 Å². The summed E-state index contributed by atoms with van der Waals surface area (Å²) in [5, 5.41) is 0. The molecular formula is C4H4ClNO3S. The van der Waals surface area contributed by atoms with Crippen molar-refractivity contribution >= 4 is 25.8 Å². The van der Waals surface area contributed by atoms with Crippen LogP contribution in [-0.2, 0) is 14.0 Å². The quantitative estimate of drug-likeness (QED) is 0.563. The molecule has 0 aromatic rings. The molecule has 0 bridgehead atoms. The second-order valence-corrected chi connectivity index (χ2v) is 3.77. The predicted octanol–water partition coefficient (Wildman–Crippen LogP) is 0.803. The van der Waals surface area contributed by atoms with Gasteiger partial charge in [0.05, 0.1) is 6.26 Å². The molecule has 10 heavy (non-hydrogen) atoms. The lowest BCUT2D eigenvalue weighted by Gasteiger charge is -1.91. The second kappa shape index (κ2) is 2.59. The average molecular weight is 182 g/mol. The first-order valence-corrected chi connectivity index (χ1v) is 4.70. The van der Waals surface area contributed by atoms with Crippen LogP contribution in [0.1, 0.15) is 6.42 Å². The second-order valence-electron chi connectivity index (χ2n) is 1.59. The van der Waals surface area contributed by atoms with Crippen LogP contribution in [0.2, 0.25) is 0 Å². The monoisotopic (exact) mass is 181 g/mol. The molecule has 1 heterocycles. The summed E-state index contributed by atoms with van der Waals surface area (Å²) in [5.74, 6) is 0.106. The van der Waals surface area contributed by atoms with E-state index in [0.29, 0.717) is 6.42 Å². The van der Waals surface area contributed by atoms with Gasteiger partial charge in [0.1, 0.15) is 0 Å². The molecule has 6 heteroatoms. The van der Waals surface area contributed by atoms with Crippen molar-refractivity contribution in [2.24, 2.45) is 4.40 Å². The lowest BCUT2D eigenvalue weighted by Crippen LogP contribution is -1.96. The topological polar surface area (TPSA) is 55.7 Å². The fraction of sp³-hybridized carbons (Fsp3) is 0.250. The average Bonchev–Trinajstić information content (AvgIpc) is 2.12. The molecule has 0 fully saturated rings. The highest BCUT2D eigenvalue weighted by Crippen LogP contribution is 2.06. The highest BCUT2D eigenvalue weighted by molar-refractivity contribution is 8.12. The lowest BCUT2D eigenvalue weighted by molar-refractivity contribution is 0.483. The molecule has 0 atom stereocenters. The Morgan fingerprint density at radius 3 is 2.80 bits per heavy atom. The Balaban J connectivity index is 2.75. The molecule has 0 radical (unpaired) electrons. The maximum Gasteiger partial charge on any atom is 0.342 e. The first kappa shape index (κ1) is 7.56. The Hall–Kier alpha value is -0.550. The van der Waals surface area contributed by atoms with E-state index in [-0.39, 0.29) is 5.90 Å². The van der Waals surface area contributed by atoms with Crippen molar-refractivity contribution in [3.8, 4) is 0 Å². The van der Waals surface area contributed by atoms with Gasteiger partial charge in [0, 0.05) is 17.1 Å². The molecule has 0 spiro atoms. The fourth-order valence-electron chi connectivity index (χ4n) is 0.504. The molecule has 0 aromatic heterocycles. The zero-order valence-electron chi connectivity index (χ0n) is 4.82. The number of hydrogen-bond donors (Lipinski definition) is 0. The van der Waals surface area contributed by atoms with E-state index >= 15 is 0 Å². The van der Waals surface area contributed by atoms with Crippen LogP contribution in [0, 0.1) is 0 Å². The van der Waals surface area contributed by atoms with Crippen LogP contribution < -0.4 is 0 Å². The number of rotatable bonds is 1. The molecule has 1 rings (SSSR count). The first-order valence-electron chi connectivity index (χ1n) is 2.43. The van der Waals surface area contributed by atoms with Crippen molar-refractivity contribution in [2.45, 2.75) is 6.42 Å². The van der Waals surface area contributed by atoms with Gasteiger partial charge in [-0.05, 0) is 6.08 Å². The minimum Gasteiger partial charge on any atom is -0.450 e. The first-order chi connectivity index (χ1) is 4.58. The Bertz CT molecular complexity index is 269.